The molecule has 0 aliphatic heterocycles. The summed E-state index contributed by atoms with van der Waals surface area (Å²) in [4.78, 5) is 10.6. The van der Waals surface area contributed by atoms with E-state index >= 15 is 0 Å². The van der Waals surface area contributed by atoms with Gasteiger partial charge in [0.2, 0.25) is 0 Å². The van der Waals surface area contributed by atoms with E-state index in [0.717, 1.165) is 5.06 Å². The molecule has 0 atom stereocenters. The van der Waals surface area contributed by atoms with Crippen LogP contribution in [0.15, 0.2) is 0 Å². The SMILES string of the molecule is N#CCCN(O)C1(C(=O)O)CC1. The zero-order valence-electron chi connectivity index (χ0n) is 6.53. The number of hydrogen-bond donors (Lipinski definition) is 2. The minimum Gasteiger partial charge on any atom is -0.480 e. The van der Waals surface area contributed by atoms with E-state index in [2.05, 4.69) is 0 Å². The van der Waals surface area contributed by atoms with Crippen LogP contribution in [-0.2, 0) is 4.79 Å². The Kier molecular flexibility index (Phi) is 2.31. The zero-order valence-corrected chi connectivity index (χ0v) is 6.53. The quantitative estimate of drug-likeness (QED) is 0.589. The van der Waals surface area contributed by atoms with Crippen molar-refractivity contribution in [2.45, 2.75) is 24.8 Å². The number of carboxylic acid groups (broad SMARTS) is 1. The molecule has 2 N–H and O–H groups in total. The molecule has 1 fully saturated rings. The smallest absolute Gasteiger partial charge is 0.326 e. The van der Waals surface area contributed by atoms with Crippen LogP contribution in [0.25, 0.3) is 0 Å². The van der Waals surface area contributed by atoms with Crippen LogP contribution < -0.4 is 0 Å². The molecule has 66 valence electrons. The number of carboxylic acids is 1. The van der Waals surface area contributed by atoms with Crippen molar-refractivity contribution in [3.8, 4) is 6.07 Å². The highest BCUT2D eigenvalue weighted by Crippen LogP contribution is 2.40. The minimum absolute atomic E-state index is 0.100. The molecule has 1 saturated carbocycles. The van der Waals surface area contributed by atoms with E-state index in [1.165, 1.54) is 0 Å². The highest BCUT2D eigenvalue weighted by Gasteiger charge is 2.55. The van der Waals surface area contributed by atoms with Gasteiger partial charge in [0, 0.05) is 6.54 Å². The van der Waals surface area contributed by atoms with Gasteiger partial charge in [0.15, 0.2) is 0 Å². The highest BCUT2D eigenvalue weighted by molar-refractivity contribution is 5.82. The molecule has 5 nitrogen and oxygen atoms in total. The number of nitrogens with zero attached hydrogens (tertiary/aromatic N) is 2. The Bertz CT molecular complexity index is 229. The van der Waals surface area contributed by atoms with Crippen LogP contribution in [0.5, 0.6) is 0 Å². The normalized spacial score (nSPS) is 18.8. The number of hydrogen-bond acceptors (Lipinski definition) is 4. The summed E-state index contributed by atoms with van der Waals surface area (Å²) in [5, 5.41) is 26.9. The van der Waals surface area contributed by atoms with Gasteiger partial charge in [-0.25, -0.2) is 0 Å². The van der Waals surface area contributed by atoms with Crippen LogP contribution >= 0.6 is 0 Å². The fraction of sp³-hybridized carbons (Fsp3) is 0.714. The lowest BCUT2D eigenvalue weighted by molar-refractivity contribution is -0.175. The van der Waals surface area contributed by atoms with Crippen LogP contribution in [-0.4, -0.2) is 33.4 Å². The number of rotatable bonds is 4. The Labute approximate surface area is 69.8 Å². The predicted octanol–water partition coefficient (Wildman–Crippen LogP) is 0.208. The molecule has 1 aliphatic carbocycles. The second-order valence-electron chi connectivity index (χ2n) is 2.87. The first-order valence-electron chi connectivity index (χ1n) is 3.70. The molecule has 5 heteroatoms. The lowest BCUT2D eigenvalue weighted by atomic mass is 10.2. The second kappa shape index (κ2) is 3.09. The average Bonchev–Trinajstić information content (AvgIpc) is 2.80. The van der Waals surface area contributed by atoms with Crippen molar-refractivity contribution in [1.29, 1.82) is 5.26 Å². The van der Waals surface area contributed by atoms with E-state index in [0.29, 0.717) is 12.8 Å². The molecular formula is C7H10N2O3. The van der Waals surface area contributed by atoms with E-state index in [-0.39, 0.29) is 13.0 Å². The first kappa shape index (κ1) is 8.97. The van der Waals surface area contributed by atoms with Gasteiger partial charge in [0.05, 0.1) is 12.5 Å². The van der Waals surface area contributed by atoms with E-state index in [1.807, 2.05) is 6.07 Å². The first-order valence-corrected chi connectivity index (χ1v) is 3.70. The van der Waals surface area contributed by atoms with Crippen molar-refractivity contribution in [3.63, 3.8) is 0 Å². The monoisotopic (exact) mass is 170 g/mol. The van der Waals surface area contributed by atoms with E-state index < -0.39 is 11.5 Å². The van der Waals surface area contributed by atoms with Crippen molar-refractivity contribution in [3.05, 3.63) is 0 Å². The van der Waals surface area contributed by atoms with Gasteiger partial charge in [0.25, 0.3) is 0 Å². The fourth-order valence-corrected chi connectivity index (χ4v) is 1.07. The third kappa shape index (κ3) is 1.40. The van der Waals surface area contributed by atoms with Crippen molar-refractivity contribution < 1.29 is 15.1 Å². The summed E-state index contributed by atoms with van der Waals surface area (Å²) in [7, 11) is 0. The summed E-state index contributed by atoms with van der Waals surface area (Å²) in [6.07, 6.45) is 1.07. The second-order valence-corrected chi connectivity index (χ2v) is 2.87. The molecule has 0 aromatic carbocycles. The number of aliphatic carboxylic acids is 1. The summed E-state index contributed by atoms with van der Waals surface area (Å²) >= 11 is 0. The summed E-state index contributed by atoms with van der Waals surface area (Å²) in [6, 6.07) is 1.84. The Hall–Kier alpha value is -1.12. The molecule has 12 heavy (non-hydrogen) atoms. The van der Waals surface area contributed by atoms with Gasteiger partial charge < -0.3 is 10.3 Å². The van der Waals surface area contributed by atoms with Crippen molar-refractivity contribution in [2.75, 3.05) is 6.54 Å². The Balaban J connectivity index is 2.47. The third-order valence-corrected chi connectivity index (χ3v) is 2.05. The fourth-order valence-electron chi connectivity index (χ4n) is 1.07. The van der Waals surface area contributed by atoms with E-state index in [9.17, 15) is 10.0 Å². The maximum absolute atomic E-state index is 10.6. The Morgan fingerprint density at radius 2 is 2.25 bits per heavy atom. The first-order chi connectivity index (χ1) is 5.63. The van der Waals surface area contributed by atoms with Gasteiger partial charge in [-0.05, 0) is 12.8 Å². The largest absolute Gasteiger partial charge is 0.480 e. The third-order valence-electron chi connectivity index (χ3n) is 2.05. The van der Waals surface area contributed by atoms with Crippen molar-refractivity contribution >= 4 is 5.97 Å². The maximum Gasteiger partial charge on any atom is 0.326 e. The van der Waals surface area contributed by atoms with Crippen molar-refractivity contribution in [2.24, 2.45) is 0 Å². The highest BCUT2D eigenvalue weighted by atomic mass is 16.5. The molecule has 0 aromatic heterocycles. The van der Waals surface area contributed by atoms with Crippen LogP contribution in [0.2, 0.25) is 0 Å². The van der Waals surface area contributed by atoms with Gasteiger partial charge in [-0.1, -0.05) is 0 Å². The van der Waals surface area contributed by atoms with E-state index in [4.69, 9.17) is 10.4 Å². The van der Waals surface area contributed by atoms with E-state index in [1.54, 1.807) is 0 Å². The molecule has 0 unspecified atom stereocenters. The number of nitriles is 1. The Morgan fingerprint density at radius 1 is 1.67 bits per heavy atom. The molecule has 1 rings (SSSR count). The molecule has 0 amide bonds. The van der Waals surface area contributed by atoms with Gasteiger partial charge in [-0.15, -0.1) is 0 Å². The zero-order chi connectivity index (χ0) is 9.19. The molecule has 1 aliphatic rings. The molecule has 0 heterocycles. The van der Waals surface area contributed by atoms with Crippen LogP contribution in [0.3, 0.4) is 0 Å². The van der Waals surface area contributed by atoms with Gasteiger partial charge in [0.1, 0.15) is 5.54 Å². The average molecular weight is 170 g/mol. The molecule has 0 aromatic rings. The van der Waals surface area contributed by atoms with Crippen LogP contribution in [0.1, 0.15) is 19.3 Å². The van der Waals surface area contributed by atoms with Crippen LogP contribution in [0.4, 0.5) is 0 Å². The summed E-state index contributed by atoms with van der Waals surface area (Å²) in [6.45, 7) is 0.100. The standard InChI is InChI=1S/C7H10N2O3/c8-4-1-5-9(12)7(2-3-7)6(10)11/h12H,1-3,5H2,(H,10,11). The van der Waals surface area contributed by atoms with Gasteiger partial charge >= 0.3 is 5.97 Å². The molecular weight excluding hydrogens is 160 g/mol. The summed E-state index contributed by atoms with van der Waals surface area (Å²) < 4.78 is 0. The summed E-state index contributed by atoms with van der Waals surface area (Å²) in [5.74, 6) is -1.01. The Morgan fingerprint density at radius 3 is 2.58 bits per heavy atom. The van der Waals surface area contributed by atoms with Crippen LogP contribution in [0, 0.1) is 11.3 Å². The van der Waals surface area contributed by atoms with Gasteiger partial charge in [-0.3, -0.25) is 4.79 Å². The molecule has 0 saturated heterocycles. The maximum atomic E-state index is 10.6. The summed E-state index contributed by atoms with van der Waals surface area (Å²) in [5.41, 5.74) is -1.09. The predicted molar refractivity (Wildman–Crippen MR) is 38.3 cm³/mol. The molecule has 0 bridgehead atoms. The lowest BCUT2D eigenvalue weighted by Crippen LogP contribution is -2.41. The molecule has 0 radical (unpaired) electrons. The number of hydroxylamine groups is 2. The topological polar surface area (TPSA) is 84.6 Å². The minimum atomic E-state index is -1.09. The number of carbonyl (C=O) groups is 1. The van der Waals surface area contributed by atoms with Gasteiger partial charge in [-0.2, -0.15) is 10.3 Å². The van der Waals surface area contributed by atoms with Crippen molar-refractivity contribution in [1.82, 2.24) is 5.06 Å². The molecule has 0 spiro atoms. The lowest BCUT2D eigenvalue weighted by Gasteiger charge is -2.20.